The highest BCUT2D eigenvalue weighted by Crippen LogP contribution is 2.19. The number of carbonyl (C=O) groups excluding carboxylic acids is 1. The minimum atomic E-state index is -0.340. The quantitative estimate of drug-likeness (QED) is 0.884. The second-order valence-corrected chi connectivity index (χ2v) is 6.16. The van der Waals surface area contributed by atoms with E-state index in [0.717, 1.165) is 23.9 Å². The number of likely N-dealkylation sites (tertiary alicyclic amines) is 1. The fraction of sp³-hybridized carbons (Fsp3) is 0.533. The number of urea groups is 1. The second-order valence-electron chi connectivity index (χ2n) is 5.31. The van der Waals surface area contributed by atoms with Crippen molar-refractivity contribution in [2.75, 3.05) is 19.6 Å². The van der Waals surface area contributed by atoms with E-state index in [0.29, 0.717) is 13.1 Å². The lowest BCUT2D eigenvalue weighted by atomic mass is 10.0. The summed E-state index contributed by atoms with van der Waals surface area (Å²) in [6, 6.07) is 8.00. The van der Waals surface area contributed by atoms with Crippen molar-refractivity contribution in [2.45, 2.75) is 25.9 Å². The first-order valence-electron chi connectivity index (χ1n) is 7.02. The molecule has 1 aromatic carbocycles. The van der Waals surface area contributed by atoms with Crippen LogP contribution in [0.4, 0.5) is 4.79 Å². The molecule has 1 heterocycles. The summed E-state index contributed by atoms with van der Waals surface area (Å²) in [5.74, 6) is 0.212. The van der Waals surface area contributed by atoms with E-state index >= 15 is 0 Å². The van der Waals surface area contributed by atoms with Gasteiger partial charge in [0.2, 0.25) is 0 Å². The van der Waals surface area contributed by atoms with Crippen molar-refractivity contribution < 1.29 is 9.90 Å². The summed E-state index contributed by atoms with van der Waals surface area (Å²) in [6.45, 7) is 3.80. The maximum Gasteiger partial charge on any atom is 0.317 e. The fourth-order valence-corrected chi connectivity index (χ4v) is 2.97. The molecular formula is C15H21BrN2O2. The highest BCUT2D eigenvalue weighted by atomic mass is 79.9. The zero-order chi connectivity index (χ0) is 14.5. The number of amides is 2. The summed E-state index contributed by atoms with van der Waals surface area (Å²) in [6.07, 6.45) is 1.35. The molecule has 1 aliphatic heterocycles. The number of benzene rings is 1. The standard InChI is InChI=1S/C15H21BrN2O2/c1-11(19)13-7-9-18(10-13)15(20)17-8-6-12-4-2-3-5-14(12)16/h2-5,11,13,19H,6-10H2,1H3,(H,17,20)/t11-,13+/m0/s1. The summed E-state index contributed by atoms with van der Waals surface area (Å²) < 4.78 is 1.07. The van der Waals surface area contributed by atoms with Gasteiger partial charge in [0.25, 0.3) is 0 Å². The molecule has 0 aromatic heterocycles. The van der Waals surface area contributed by atoms with Crippen molar-refractivity contribution in [2.24, 2.45) is 5.92 Å². The van der Waals surface area contributed by atoms with Gasteiger partial charge in [-0.3, -0.25) is 0 Å². The average molecular weight is 341 g/mol. The maximum absolute atomic E-state index is 12.0. The molecule has 0 aliphatic carbocycles. The molecule has 0 bridgehead atoms. The predicted octanol–water partition coefficient (Wildman–Crippen LogP) is 2.40. The molecule has 20 heavy (non-hydrogen) atoms. The molecule has 2 rings (SSSR count). The van der Waals surface area contributed by atoms with E-state index in [9.17, 15) is 9.90 Å². The molecule has 110 valence electrons. The zero-order valence-corrected chi connectivity index (χ0v) is 13.3. The average Bonchev–Trinajstić information content (AvgIpc) is 2.91. The number of nitrogens with zero attached hydrogens (tertiary/aromatic N) is 1. The van der Waals surface area contributed by atoms with Crippen LogP contribution in [0.2, 0.25) is 0 Å². The van der Waals surface area contributed by atoms with Gasteiger partial charge in [0, 0.05) is 30.0 Å². The normalized spacial score (nSPS) is 19.9. The Morgan fingerprint density at radius 1 is 1.55 bits per heavy atom. The van der Waals surface area contributed by atoms with Crippen LogP contribution in [-0.4, -0.2) is 41.8 Å². The molecule has 2 atom stereocenters. The first kappa shape index (κ1) is 15.3. The van der Waals surface area contributed by atoms with Crippen LogP contribution in [0.1, 0.15) is 18.9 Å². The van der Waals surface area contributed by atoms with Gasteiger partial charge in [-0.1, -0.05) is 34.1 Å². The Hall–Kier alpha value is -1.07. The maximum atomic E-state index is 12.0. The Kier molecular flexibility index (Phi) is 5.43. The molecule has 5 heteroatoms. The largest absolute Gasteiger partial charge is 0.393 e. The zero-order valence-electron chi connectivity index (χ0n) is 11.7. The first-order chi connectivity index (χ1) is 9.58. The Morgan fingerprint density at radius 3 is 2.95 bits per heavy atom. The molecule has 0 radical (unpaired) electrons. The fourth-order valence-electron chi connectivity index (χ4n) is 2.48. The molecule has 1 aliphatic rings. The minimum Gasteiger partial charge on any atom is -0.393 e. The second kappa shape index (κ2) is 7.09. The van der Waals surface area contributed by atoms with Crippen molar-refractivity contribution in [3.8, 4) is 0 Å². The van der Waals surface area contributed by atoms with Crippen molar-refractivity contribution in [3.05, 3.63) is 34.3 Å². The first-order valence-corrected chi connectivity index (χ1v) is 7.81. The molecule has 1 saturated heterocycles. The van der Waals surface area contributed by atoms with E-state index in [-0.39, 0.29) is 18.1 Å². The van der Waals surface area contributed by atoms with Crippen LogP contribution in [0.15, 0.2) is 28.7 Å². The Morgan fingerprint density at radius 2 is 2.30 bits per heavy atom. The van der Waals surface area contributed by atoms with Gasteiger partial charge < -0.3 is 15.3 Å². The van der Waals surface area contributed by atoms with E-state index in [1.807, 2.05) is 18.2 Å². The van der Waals surface area contributed by atoms with Gasteiger partial charge in [-0.2, -0.15) is 0 Å². The van der Waals surface area contributed by atoms with Crippen LogP contribution in [0.25, 0.3) is 0 Å². The number of hydrogen-bond acceptors (Lipinski definition) is 2. The van der Waals surface area contributed by atoms with Crippen LogP contribution < -0.4 is 5.32 Å². The monoisotopic (exact) mass is 340 g/mol. The number of halogens is 1. The number of aliphatic hydroxyl groups is 1. The van der Waals surface area contributed by atoms with Crippen molar-refractivity contribution >= 4 is 22.0 Å². The number of aliphatic hydroxyl groups excluding tert-OH is 1. The van der Waals surface area contributed by atoms with E-state index in [1.165, 1.54) is 5.56 Å². The number of carbonyl (C=O) groups is 1. The highest BCUT2D eigenvalue weighted by Gasteiger charge is 2.28. The van der Waals surface area contributed by atoms with E-state index in [2.05, 4.69) is 27.3 Å². The van der Waals surface area contributed by atoms with Gasteiger partial charge in [-0.05, 0) is 31.4 Å². The molecular weight excluding hydrogens is 320 g/mol. The van der Waals surface area contributed by atoms with Crippen LogP contribution >= 0.6 is 15.9 Å². The molecule has 2 amide bonds. The van der Waals surface area contributed by atoms with Crippen molar-refractivity contribution in [3.63, 3.8) is 0 Å². The predicted molar refractivity (Wildman–Crippen MR) is 82.6 cm³/mol. The summed E-state index contributed by atoms with van der Waals surface area (Å²) in [5, 5.41) is 12.5. The van der Waals surface area contributed by atoms with Gasteiger partial charge in [0.15, 0.2) is 0 Å². The Bertz CT molecular complexity index is 465. The third kappa shape index (κ3) is 3.96. The van der Waals surface area contributed by atoms with Gasteiger partial charge >= 0.3 is 6.03 Å². The summed E-state index contributed by atoms with van der Waals surface area (Å²) in [4.78, 5) is 13.8. The minimum absolute atomic E-state index is 0.0276. The summed E-state index contributed by atoms with van der Waals surface area (Å²) >= 11 is 3.50. The van der Waals surface area contributed by atoms with Gasteiger partial charge in [-0.25, -0.2) is 4.79 Å². The Balaban J connectivity index is 1.75. The van der Waals surface area contributed by atoms with Crippen LogP contribution in [0.5, 0.6) is 0 Å². The molecule has 0 spiro atoms. The molecule has 4 nitrogen and oxygen atoms in total. The van der Waals surface area contributed by atoms with Gasteiger partial charge in [-0.15, -0.1) is 0 Å². The van der Waals surface area contributed by atoms with Crippen LogP contribution in [-0.2, 0) is 6.42 Å². The number of hydrogen-bond donors (Lipinski definition) is 2. The van der Waals surface area contributed by atoms with Crippen molar-refractivity contribution in [1.82, 2.24) is 10.2 Å². The lowest BCUT2D eigenvalue weighted by Crippen LogP contribution is -2.39. The third-order valence-electron chi connectivity index (χ3n) is 3.82. The molecule has 0 unspecified atom stereocenters. The van der Waals surface area contributed by atoms with Gasteiger partial charge in [0.1, 0.15) is 0 Å². The Labute approximate surface area is 128 Å². The number of rotatable bonds is 4. The molecule has 1 aromatic rings. The lowest BCUT2D eigenvalue weighted by Gasteiger charge is -2.18. The van der Waals surface area contributed by atoms with E-state index < -0.39 is 0 Å². The topological polar surface area (TPSA) is 52.6 Å². The highest BCUT2D eigenvalue weighted by molar-refractivity contribution is 9.10. The van der Waals surface area contributed by atoms with E-state index in [4.69, 9.17) is 0 Å². The molecule has 1 fully saturated rings. The smallest absolute Gasteiger partial charge is 0.317 e. The van der Waals surface area contributed by atoms with E-state index in [1.54, 1.807) is 11.8 Å². The third-order valence-corrected chi connectivity index (χ3v) is 4.60. The molecule has 2 N–H and O–H groups in total. The number of nitrogens with one attached hydrogen (secondary N) is 1. The van der Waals surface area contributed by atoms with Crippen LogP contribution in [0.3, 0.4) is 0 Å². The van der Waals surface area contributed by atoms with Crippen molar-refractivity contribution in [1.29, 1.82) is 0 Å². The molecule has 0 saturated carbocycles. The summed E-state index contributed by atoms with van der Waals surface area (Å²) in [5.41, 5.74) is 1.19. The van der Waals surface area contributed by atoms with Crippen LogP contribution in [0, 0.1) is 5.92 Å². The summed E-state index contributed by atoms with van der Waals surface area (Å²) in [7, 11) is 0. The lowest BCUT2D eigenvalue weighted by molar-refractivity contribution is 0.129. The SMILES string of the molecule is C[C@H](O)[C@@H]1CCN(C(=O)NCCc2ccccc2Br)C1. The van der Waals surface area contributed by atoms with Gasteiger partial charge in [0.05, 0.1) is 6.10 Å².